The van der Waals surface area contributed by atoms with E-state index in [4.69, 9.17) is 17.9 Å². The molecule has 0 unspecified atom stereocenters. The van der Waals surface area contributed by atoms with Crippen LogP contribution in [0.2, 0.25) is 0 Å². The third-order valence-electron chi connectivity index (χ3n) is 13.9. The van der Waals surface area contributed by atoms with Crippen LogP contribution >= 0.6 is 0 Å². The molecule has 12 aromatic rings. The molecular weight excluding hydrogens is 893 g/mol. The number of hydrogen-bond donors (Lipinski definition) is 0. The Balaban J connectivity index is 1.09. The van der Waals surface area contributed by atoms with Gasteiger partial charge in [0.05, 0.1) is 47.5 Å². The van der Waals surface area contributed by atoms with Gasteiger partial charge in [-0.05, 0) is 103 Å². The Bertz CT molecular complexity index is 4510. The molecule has 0 atom stereocenters. The minimum atomic E-state index is -3.37. The molecule has 14 rings (SSSR count). The number of ether oxygens (including phenoxy) is 1. The SMILES string of the molecule is [2H]c1c([2H])c([2H])c(-c2cccc(-c3c([2H])c([2H])c([2H])c([2H])c3[2H])c2[N+]2=[C-]N3c4cc(Oc5ccc6c7ccccc7n(-c7ccccn7)c6c5)ccc4[Si](c4ccccc4)(c4ccccc4)c4cccc(c43)-c3ccccc32)c([2H])c1[2H]. The molecule has 10 aromatic carbocycles. The van der Waals surface area contributed by atoms with Crippen molar-refractivity contribution in [2.75, 3.05) is 4.90 Å². The van der Waals surface area contributed by atoms with E-state index in [-0.39, 0.29) is 27.9 Å². The maximum Gasteiger partial charge on any atom is 0.270 e. The summed E-state index contributed by atoms with van der Waals surface area (Å²) in [5, 5.41) is 6.40. The lowest BCUT2D eigenvalue weighted by Crippen LogP contribution is -2.77. The predicted octanol–water partition coefficient (Wildman–Crippen LogP) is 13.6. The first-order chi connectivity index (χ1) is 39.9. The van der Waals surface area contributed by atoms with E-state index in [1.807, 2.05) is 95.9 Å². The van der Waals surface area contributed by atoms with Crippen LogP contribution in [-0.2, 0) is 0 Å². The summed E-state index contributed by atoms with van der Waals surface area (Å²) < 4.78 is 101. The molecule has 5 nitrogen and oxygen atoms in total. The van der Waals surface area contributed by atoms with E-state index >= 15 is 0 Å². The van der Waals surface area contributed by atoms with Gasteiger partial charge in [0.1, 0.15) is 17.3 Å². The first kappa shape index (κ1) is 32.4. The number of para-hydroxylation sites is 4. The highest BCUT2D eigenvalue weighted by Gasteiger charge is 2.50. The van der Waals surface area contributed by atoms with E-state index in [0.29, 0.717) is 22.9 Å². The Labute approximate surface area is 433 Å². The maximum absolute atomic E-state index is 9.40. The molecule has 0 radical (unpaired) electrons. The van der Waals surface area contributed by atoms with E-state index in [9.17, 15) is 5.48 Å². The first-order valence-corrected chi connectivity index (χ1v) is 25.6. The van der Waals surface area contributed by atoms with Gasteiger partial charge in [0, 0.05) is 23.0 Å². The molecule has 0 fully saturated rings. The number of benzene rings is 10. The third kappa shape index (κ3) is 6.47. The van der Waals surface area contributed by atoms with Crippen molar-refractivity contribution in [2.45, 2.75) is 0 Å². The second kappa shape index (κ2) is 16.9. The van der Waals surface area contributed by atoms with Crippen molar-refractivity contribution >= 4 is 79.7 Å². The van der Waals surface area contributed by atoms with Gasteiger partial charge in [0.25, 0.3) is 6.34 Å². The molecule has 2 aliphatic rings. The molecule has 0 aliphatic carbocycles. The highest BCUT2D eigenvalue weighted by atomic mass is 28.3. The van der Waals surface area contributed by atoms with Crippen LogP contribution in [0.4, 0.5) is 22.7 Å². The molecule has 0 saturated heterocycles. The second-order valence-corrected chi connectivity index (χ2v) is 21.4. The smallest absolute Gasteiger partial charge is 0.270 e. The van der Waals surface area contributed by atoms with Crippen LogP contribution in [-0.4, -0.2) is 24.0 Å². The van der Waals surface area contributed by atoms with Crippen LogP contribution in [0.3, 0.4) is 0 Å². The van der Waals surface area contributed by atoms with Gasteiger partial charge in [-0.15, -0.1) is 0 Å². The van der Waals surface area contributed by atoms with Gasteiger partial charge in [-0.1, -0.05) is 206 Å². The molecule has 2 aromatic heterocycles. The number of rotatable bonds is 8. The van der Waals surface area contributed by atoms with Crippen molar-refractivity contribution in [3.05, 3.63) is 267 Å². The number of fused-ring (bicyclic) bond motifs is 7. The molecule has 6 heteroatoms. The van der Waals surface area contributed by atoms with Gasteiger partial charge in [0.15, 0.2) is 8.07 Å². The largest absolute Gasteiger partial charge is 0.458 e. The lowest BCUT2D eigenvalue weighted by molar-refractivity contribution is 0.483. The summed E-state index contributed by atoms with van der Waals surface area (Å²) in [7, 11) is -3.37. The van der Waals surface area contributed by atoms with Gasteiger partial charge in [-0.25, -0.2) is 4.98 Å². The molecule has 0 N–H and O–H groups in total. The Morgan fingerprint density at radius 3 is 1.81 bits per heavy atom. The first-order valence-electron chi connectivity index (χ1n) is 28.6. The highest BCUT2D eigenvalue weighted by molar-refractivity contribution is 7.21. The zero-order chi connectivity index (χ0) is 56.3. The van der Waals surface area contributed by atoms with Crippen LogP contribution < -0.4 is 35.0 Å². The van der Waals surface area contributed by atoms with Crippen LogP contribution in [0.25, 0.3) is 61.0 Å². The average Bonchev–Trinajstić information content (AvgIpc) is 1.33. The van der Waals surface area contributed by atoms with Gasteiger partial charge in [-0.2, -0.15) is 0 Å². The third-order valence-corrected chi connectivity index (χ3v) is 18.7. The number of pyridine rings is 1. The lowest BCUT2D eigenvalue weighted by atomic mass is 9.94. The zero-order valence-corrected chi connectivity index (χ0v) is 39.3. The highest BCUT2D eigenvalue weighted by Crippen LogP contribution is 2.48. The number of hydrogen-bond acceptors (Lipinski definition) is 3. The zero-order valence-electron chi connectivity index (χ0n) is 48.3. The topological polar surface area (TPSA) is 33.3 Å². The minimum Gasteiger partial charge on any atom is -0.458 e. The lowest BCUT2D eigenvalue weighted by Gasteiger charge is -2.44. The molecule has 72 heavy (non-hydrogen) atoms. The predicted molar refractivity (Wildman–Crippen MR) is 300 cm³/mol. The molecule has 0 saturated carbocycles. The van der Waals surface area contributed by atoms with Crippen LogP contribution in [0.15, 0.2) is 267 Å². The summed E-state index contributed by atoms with van der Waals surface area (Å²) in [6.07, 6.45) is 5.62. The van der Waals surface area contributed by atoms with Gasteiger partial charge >= 0.3 is 0 Å². The van der Waals surface area contributed by atoms with E-state index in [0.717, 1.165) is 65.2 Å². The van der Waals surface area contributed by atoms with Gasteiger partial charge in [-0.3, -0.25) is 14.0 Å². The summed E-state index contributed by atoms with van der Waals surface area (Å²) in [6.45, 7) is 0. The molecule has 4 heterocycles. The molecule has 0 spiro atoms. The van der Waals surface area contributed by atoms with Crippen LogP contribution in [0.5, 0.6) is 11.5 Å². The molecule has 0 bridgehead atoms. The van der Waals surface area contributed by atoms with E-state index in [1.54, 1.807) is 29.0 Å². The maximum atomic E-state index is 9.40. The monoisotopic (exact) mass is 946 g/mol. The van der Waals surface area contributed by atoms with Crippen molar-refractivity contribution in [3.8, 4) is 50.7 Å². The van der Waals surface area contributed by atoms with Crippen LogP contribution in [0.1, 0.15) is 13.7 Å². The Morgan fingerprint density at radius 2 is 1.08 bits per heavy atom. The summed E-state index contributed by atoms with van der Waals surface area (Å²) in [5.74, 6) is 1.85. The Morgan fingerprint density at radius 1 is 0.486 bits per heavy atom. The summed E-state index contributed by atoms with van der Waals surface area (Å²) in [6, 6.07) is 61.1. The second-order valence-electron chi connectivity index (χ2n) is 17.7. The van der Waals surface area contributed by atoms with Crippen molar-refractivity contribution in [2.24, 2.45) is 0 Å². The van der Waals surface area contributed by atoms with E-state index in [2.05, 4.69) is 102 Å². The molecule has 2 aliphatic heterocycles. The number of aromatic nitrogens is 2. The van der Waals surface area contributed by atoms with Crippen molar-refractivity contribution in [1.82, 2.24) is 14.1 Å². The van der Waals surface area contributed by atoms with Crippen molar-refractivity contribution in [3.63, 3.8) is 0 Å². The van der Waals surface area contributed by atoms with Crippen molar-refractivity contribution < 1.29 is 18.4 Å². The van der Waals surface area contributed by atoms with Crippen molar-refractivity contribution in [1.29, 1.82) is 0 Å². The Kier molecular flexibility index (Phi) is 7.64. The fourth-order valence-corrected chi connectivity index (χ4v) is 16.1. The quantitative estimate of drug-likeness (QED) is 0.0864. The van der Waals surface area contributed by atoms with Gasteiger partial charge in [0.2, 0.25) is 0 Å². The van der Waals surface area contributed by atoms with Gasteiger partial charge < -0.3 is 4.74 Å². The summed E-state index contributed by atoms with van der Waals surface area (Å²) in [4.78, 5) is 6.77. The van der Waals surface area contributed by atoms with Crippen LogP contribution in [0, 0.1) is 0 Å². The standard InChI is InChI=1S/C66H44N4OSi/c1-5-21-46(22-6-1)52-31-19-32-53(47-23-7-2-8-24-47)65(52)68-45-69-61-44-49(71-48-38-40-56-54-29-14-16-35-59(54)70(60(56)43-48)64-37-17-18-42-67-64)39-41-62(61)72(50-25-9-3-10-26-50,51-27-11-4-12-28-51)63-36-20-33-57(66(63)69)55-30-13-15-34-58(55)68/h1-44H/i1D,2D,5D,6D,7D,8D,21D,22D,23D,24D. The number of anilines is 2. The fraction of sp³-hybridized carbons (Fsp3) is 0. The van der Waals surface area contributed by atoms with E-state index in [1.165, 1.54) is 0 Å². The molecular formula is C66H44N4OSi. The average molecular weight is 947 g/mol. The molecule has 0 amide bonds. The normalized spacial score (nSPS) is 15.1. The fourth-order valence-electron chi connectivity index (χ4n) is 11.0. The minimum absolute atomic E-state index is 0.139. The summed E-state index contributed by atoms with van der Waals surface area (Å²) >= 11 is 0. The molecule has 338 valence electrons. The summed E-state index contributed by atoms with van der Waals surface area (Å²) in [5.41, 5.74) is 5.70. The number of nitrogens with zero attached hydrogens (tertiary/aromatic N) is 4. The Hall–Kier alpha value is -9.36. The van der Waals surface area contributed by atoms with E-state index < -0.39 is 68.5 Å².